The molecule has 0 aliphatic carbocycles. The number of hydroxylamine groups is 1. The van der Waals surface area contributed by atoms with Gasteiger partial charge in [0.15, 0.2) is 6.61 Å². The summed E-state index contributed by atoms with van der Waals surface area (Å²) >= 11 is 0. The summed E-state index contributed by atoms with van der Waals surface area (Å²) in [6.45, 7) is -0.278. The van der Waals surface area contributed by atoms with E-state index in [2.05, 4.69) is 10.2 Å². The van der Waals surface area contributed by atoms with E-state index in [0.717, 1.165) is 5.56 Å². The first-order chi connectivity index (χ1) is 8.58. The van der Waals surface area contributed by atoms with Gasteiger partial charge in [0, 0.05) is 6.54 Å². The van der Waals surface area contributed by atoms with E-state index in [1.807, 2.05) is 5.48 Å². The largest absolute Gasteiger partial charge is 0.479 e. The van der Waals surface area contributed by atoms with E-state index in [9.17, 15) is 14.0 Å². The van der Waals surface area contributed by atoms with Gasteiger partial charge in [-0.1, -0.05) is 12.1 Å². The topological polar surface area (TPSA) is 87.7 Å². The summed E-state index contributed by atoms with van der Waals surface area (Å²) in [5.74, 6) is -1.49. The second-order valence-electron chi connectivity index (χ2n) is 3.42. The van der Waals surface area contributed by atoms with Crippen LogP contribution in [0.5, 0.6) is 0 Å². The summed E-state index contributed by atoms with van der Waals surface area (Å²) < 4.78 is 12.6. The molecule has 0 atom stereocenters. The molecular weight excluding hydrogens is 243 g/mol. The molecular formula is C11H13FN2O4. The van der Waals surface area contributed by atoms with Crippen LogP contribution in [0.4, 0.5) is 9.18 Å². The van der Waals surface area contributed by atoms with Crippen LogP contribution in [-0.2, 0) is 16.1 Å². The summed E-state index contributed by atoms with van der Waals surface area (Å²) in [5, 5.41) is 10.7. The lowest BCUT2D eigenvalue weighted by molar-refractivity contribution is -0.144. The van der Waals surface area contributed by atoms with E-state index >= 15 is 0 Å². The third kappa shape index (κ3) is 5.80. The van der Waals surface area contributed by atoms with Gasteiger partial charge < -0.3 is 10.4 Å². The predicted octanol–water partition coefficient (Wildman–Crippen LogP) is 0.684. The zero-order valence-corrected chi connectivity index (χ0v) is 9.48. The molecule has 1 aromatic rings. The van der Waals surface area contributed by atoms with Gasteiger partial charge >= 0.3 is 12.0 Å². The van der Waals surface area contributed by atoms with Crippen molar-refractivity contribution in [1.29, 1.82) is 0 Å². The molecule has 0 spiro atoms. The van der Waals surface area contributed by atoms with E-state index < -0.39 is 18.6 Å². The smallest absolute Gasteiger partial charge is 0.338 e. The molecule has 0 aliphatic heterocycles. The molecule has 0 fully saturated rings. The highest BCUT2D eigenvalue weighted by atomic mass is 19.1. The molecule has 98 valence electrons. The number of carboxylic acid groups (broad SMARTS) is 1. The maximum absolute atomic E-state index is 12.6. The minimum atomic E-state index is -1.18. The monoisotopic (exact) mass is 256 g/mol. The van der Waals surface area contributed by atoms with Gasteiger partial charge in [-0.2, -0.15) is 0 Å². The van der Waals surface area contributed by atoms with Gasteiger partial charge in [0.1, 0.15) is 5.82 Å². The SMILES string of the molecule is O=C(O)CONC(=O)NCCc1ccc(F)cc1. The van der Waals surface area contributed by atoms with Gasteiger partial charge in [0.2, 0.25) is 0 Å². The number of benzene rings is 1. The van der Waals surface area contributed by atoms with Gasteiger partial charge in [-0.15, -0.1) is 0 Å². The van der Waals surface area contributed by atoms with Crippen molar-refractivity contribution in [2.24, 2.45) is 0 Å². The van der Waals surface area contributed by atoms with Crippen molar-refractivity contribution in [3.8, 4) is 0 Å². The summed E-state index contributed by atoms with van der Waals surface area (Å²) in [6.07, 6.45) is 0.534. The lowest BCUT2D eigenvalue weighted by Gasteiger charge is -2.06. The average molecular weight is 256 g/mol. The summed E-state index contributed by atoms with van der Waals surface area (Å²) in [5.41, 5.74) is 2.80. The molecule has 0 saturated heterocycles. The normalized spacial score (nSPS) is 9.83. The van der Waals surface area contributed by atoms with Crippen molar-refractivity contribution in [3.63, 3.8) is 0 Å². The predicted molar refractivity (Wildman–Crippen MR) is 60.2 cm³/mol. The summed E-state index contributed by atoms with van der Waals surface area (Å²) in [6, 6.07) is 5.29. The lowest BCUT2D eigenvalue weighted by atomic mass is 10.1. The number of rotatable bonds is 6. The van der Waals surface area contributed by atoms with Crippen LogP contribution < -0.4 is 10.8 Å². The molecule has 18 heavy (non-hydrogen) atoms. The molecule has 0 saturated carbocycles. The Hall–Kier alpha value is -2.15. The van der Waals surface area contributed by atoms with Crippen LogP contribution in [0.25, 0.3) is 0 Å². The molecule has 1 aromatic carbocycles. The molecule has 0 aliphatic rings. The van der Waals surface area contributed by atoms with E-state index in [1.165, 1.54) is 12.1 Å². The van der Waals surface area contributed by atoms with Gasteiger partial charge in [0.25, 0.3) is 0 Å². The molecule has 0 aromatic heterocycles. The van der Waals surface area contributed by atoms with Crippen LogP contribution in [0.1, 0.15) is 5.56 Å². The number of hydrogen-bond donors (Lipinski definition) is 3. The van der Waals surface area contributed by atoms with Gasteiger partial charge in [-0.3, -0.25) is 4.84 Å². The third-order valence-corrected chi connectivity index (χ3v) is 1.97. The van der Waals surface area contributed by atoms with Crippen LogP contribution in [-0.4, -0.2) is 30.3 Å². The maximum atomic E-state index is 12.6. The Kier molecular flexibility index (Phi) is 5.59. The van der Waals surface area contributed by atoms with Crippen LogP contribution >= 0.6 is 0 Å². The van der Waals surface area contributed by atoms with E-state index in [4.69, 9.17) is 5.11 Å². The third-order valence-electron chi connectivity index (χ3n) is 1.97. The van der Waals surface area contributed by atoms with Crippen molar-refractivity contribution < 1.29 is 23.9 Å². The van der Waals surface area contributed by atoms with Crippen LogP contribution in [0.15, 0.2) is 24.3 Å². The Bertz CT molecular complexity index is 408. The molecule has 0 bridgehead atoms. The minimum Gasteiger partial charge on any atom is -0.479 e. The molecule has 2 amide bonds. The van der Waals surface area contributed by atoms with Crippen molar-refractivity contribution in [2.75, 3.05) is 13.2 Å². The van der Waals surface area contributed by atoms with E-state index in [0.29, 0.717) is 13.0 Å². The molecule has 7 heteroatoms. The average Bonchev–Trinajstić information content (AvgIpc) is 2.31. The second kappa shape index (κ2) is 7.23. The number of amides is 2. The van der Waals surface area contributed by atoms with Crippen molar-refractivity contribution in [3.05, 3.63) is 35.6 Å². The number of nitrogens with one attached hydrogen (secondary N) is 2. The Morgan fingerprint density at radius 2 is 1.94 bits per heavy atom. The number of hydrogen-bond acceptors (Lipinski definition) is 3. The number of carboxylic acids is 1. The number of carbonyl (C=O) groups excluding carboxylic acids is 1. The number of aliphatic carboxylic acids is 1. The number of carbonyl (C=O) groups is 2. The molecule has 0 heterocycles. The second-order valence-corrected chi connectivity index (χ2v) is 3.42. The molecule has 6 nitrogen and oxygen atoms in total. The summed E-state index contributed by atoms with van der Waals surface area (Å²) in [7, 11) is 0. The fourth-order valence-corrected chi connectivity index (χ4v) is 1.17. The van der Waals surface area contributed by atoms with Gasteiger partial charge in [-0.05, 0) is 24.1 Å². The Labute approximate surface area is 103 Å². The van der Waals surface area contributed by atoms with Gasteiger partial charge in [-0.25, -0.2) is 19.5 Å². The fraction of sp³-hybridized carbons (Fsp3) is 0.273. The van der Waals surface area contributed by atoms with E-state index in [-0.39, 0.29) is 5.82 Å². The minimum absolute atomic E-state index is 0.313. The Morgan fingerprint density at radius 3 is 2.56 bits per heavy atom. The van der Waals surface area contributed by atoms with Crippen LogP contribution in [0.3, 0.4) is 0 Å². The molecule has 0 radical (unpaired) electrons. The van der Waals surface area contributed by atoms with Gasteiger partial charge in [0.05, 0.1) is 0 Å². The fourth-order valence-electron chi connectivity index (χ4n) is 1.17. The maximum Gasteiger partial charge on any atom is 0.338 e. The van der Waals surface area contributed by atoms with Crippen LogP contribution in [0, 0.1) is 5.82 Å². The van der Waals surface area contributed by atoms with E-state index in [1.54, 1.807) is 12.1 Å². The highest BCUT2D eigenvalue weighted by Crippen LogP contribution is 2.02. The first kappa shape index (κ1) is 13.9. The molecule has 3 N–H and O–H groups in total. The zero-order chi connectivity index (χ0) is 13.4. The number of halogens is 1. The Balaban J connectivity index is 2.15. The summed E-state index contributed by atoms with van der Waals surface area (Å²) in [4.78, 5) is 25.5. The Morgan fingerprint density at radius 1 is 1.28 bits per heavy atom. The first-order valence-corrected chi connectivity index (χ1v) is 5.20. The lowest BCUT2D eigenvalue weighted by Crippen LogP contribution is -2.37. The first-order valence-electron chi connectivity index (χ1n) is 5.20. The van der Waals surface area contributed by atoms with Crippen molar-refractivity contribution in [2.45, 2.75) is 6.42 Å². The van der Waals surface area contributed by atoms with Crippen LogP contribution in [0.2, 0.25) is 0 Å². The standard InChI is InChI=1S/C11H13FN2O4/c12-9-3-1-8(2-4-9)5-6-13-11(17)14-18-7-10(15)16/h1-4H,5-7H2,(H,15,16)(H2,13,14,17). The van der Waals surface area contributed by atoms with Crippen molar-refractivity contribution >= 4 is 12.0 Å². The van der Waals surface area contributed by atoms with Crippen molar-refractivity contribution in [1.82, 2.24) is 10.8 Å². The number of urea groups is 1. The molecule has 0 unspecified atom stereocenters. The molecule has 1 rings (SSSR count). The highest BCUT2D eigenvalue weighted by Gasteiger charge is 2.02. The zero-order valence-electron chi connectivity index (χ0n) is 9.48. The quantitative estimate of drug-likeness (QED) is 0.653. The highest BCUT2D eigenvalue weighted by molar-refractivity contribution is 5.73.